The van der Waals surface area contributed by atoms with E-state index in [4.69, 9.17) is 5.73 Å². The highest BCUT2D eigenvalue weighted by Crippen LogP contribution is 2.18. The fourth-order valence-electron chi connectivity index (χ4n) is 1.65. The molecule has 18 heavy (non-hydrogen) atoms. The van der Waals surface area contributed by atoms with Crippen molar-refractivity contribution in [3.05, 3.63) is 58.5 Å². The van der Waals surface area contributed by atoms with Crippen LogP contribution < -0.4 is 5.73 Å². The first-order valence-electron chi connectivity index (χ1n) is 5.52. The maximum absolute atomic E-state index is 13.4. The molecule has 3 nitrogen and oxygen atoms in total. The molecular weight excluding hydrogens is 231 g/mol. The number of pyridine rings is 1. The largest absolute Gasteiger partial charge is 0.383 e. The number of nitrogen functional groups attached to an aromatic ring is 1. The average molecular weight is 244 g/mol. The van der Waals surface area contributed by atoms with Crippen LogP contribution in [0.2, 0.25) is 0 Å². The average Bonchev–Trinajstić information content (AvgIpc) is 2.35. The Morgan fingerprint density at radius 2 is 2.00 bits per heavy atom. The molecule has 2 N–H and O–H groups in total. The summed E-state index contributed by atoms with van der Waals surface area (Å²) in [5.74, 6) is -0.561. The second-order valence-corrected chi connectivity index (χ2v) is 4.24. The summed E-state index contributed by atoms with van der Waals surface area (Å²) >= 11 is 0. The summed E-state index contributed by atoms with van der Waals surface area (Å²) in [6.07, 6.45) is 1.59. The van der Waals surface area contributed by atoms with Crippen molar-refractivity contribution in [3.63, 3.8) is 0 Å². The molecule has 4 heteroatoms. The molecule has 0 aliphatic heterocycles. The SMILES string of the molecule is Cc1cnc(N)c(C(=O)c2ccc(C)c(F)c2)c1. The van der Waals surface area contributed by atoms with Gasteiger partial charge in [-0.2, -0.15) is 0 Å². The maximum atomic E-state index is 13.4. The van der Waals surface area contributed by atoms with E-state index in [1.807, 2.05) is 6.92 Å². The maximum Gasteiger partial charge on any atom is 0.196 e. The normalized spacial score (nSPS) is 10.4. The molecule has 0 bridgehead atoms. The van der Waals surface area contributed by atoms with Gasteiger partial charge in [-0.1, -0.05) is 12.1 Å². The van der Waals surface area contributed by atoms with Crippen molar-refractivity contribution >= 4 is 11.6 Å². The zero-order valence-corrected chi connectivity index (χ0v) is 10.2. The highest BCUT2D eigenvalue weighted by molar-refractivity contribution is 6.11. The van der Waals surface area contributed by atoms with Gasteiger partial charge < -0.3 is 5.73 Å². The molecule has 0 saturated carbocycles. The number of aryl methyl sites for hydroxylation is 2. The van der Waals surface area contributed by atoms with Crippen molar-refractivity contribution in [1.82, 2.24) is 4.98 Å². The van der Waals surface area contributed by atoms with Crippen LogP contribution in [0, 0.1) is 19.7 Å². The number of rotatable bonds is 2. The molecular formula is C14H13FN2O. The Morgan fingerprint density at radius 1 is 1.28 bits per heavy atom. The number of aromatic nitrogens is 1. The zero-order chi connectivity index (χ0) is 13.3. The molecule has 0 radical (unpaired) electrons. The van der Waals surface area contributed by atoms with Gasteiger partial charge in [-0.3, -0.25) is 4.79 Å². The lowest BCUT2D eigenvalue weighted by molar-refractivity contribution is 0.103. The standard InChI is InChI=1S/C14H13FN2O/c1-8-5-11(14(16)17-7-8)13(18)10-4-3-9(2)12(15)6-10/h3-7H,1-2H3,(H2,16,17). The van der Waals surface area contributed by atoms with Crippen LogP contribution in [0.4, 0.5) is 10.2 Å². The first kappa shape index (κ1) is 12.2. The van der Waals surface area contributed by atoms with Crippen molar-refractivity contribution in [3.8, 4) is 0 Å². The number of carbonyl (C=O) groups excluding carboxylic acids is 1. The van der Waals surface area contributed by atoms with Crippen LogP contribution in [0.5, 0.6) is 0 Å². The molecule has 1 heterocycles. The molecule has 92 valence electrons. The molecule has 0 fully saturated rings. The predicted octanol–water partition coefficient (Wildman–Crippen LogP) is 2.65. The van der Waals surface area contributed by atoms with Gasteiger partial charge >= 0.3 is 0 Å². The highest BCUT2D eigenvalue weighted by Gasteiger charge is 2.14. The van der Waals surface area contributed by atoms with Gasteiger partial charge in [0.05, 0.1) is 5.56 Å². The third kappa shape index (κ3) is 2.22. The molecule has 0 aliphatic carbocycles. The van der Waals surface area contributed by atoms with Crippen LogP contribution in [0.15, 0.2) is 30.5 Å². The van der Waals surface area contributed by atoms with Crippen LogP contribution in [-0.2, 0) is 0 Å². The van der Waals surface area contributed by atoms with Gasteiger partial charge in [0.1, 0.15) is 11.6 Å². The molecule has 0 amide bonds. The Balaban J connectivity index is 2.47. The Kier molecular flexibility index (Phi) is 3.10. The lowest BCUT2D eigenvalue weighted by atomic mass is 10.0. The number of hydrogen-bond donors (Lipinski definition) is 1. The number of hydrogen-bond acceptors (Lipinski definition) is 3. The van der Waals surface area contributed by atoms with E-state index < -0.39 is 5.82 Å². The first-order chi connectivity index (χ1) is 8.49. The van der Waals surface area contributed by atoms with Crippen LogP contribution >= 0.6 is 0 Å². The van der Waals surface area contributed by atoms with Crippen molar-refractivity contribution < 1.29 is 9.18 Å². The summed E-state index contributed by atoms with van der Waals surface area (Å²) < 4.78 is 13.4. The number of ketones is 1. The van der Waals surface area contributed by atoms with Crippen molar-refractivity contribution in [1.29, 1.82) is 0 Å². The first-order valence-corrected chi connectivity index (χ1v) is 5.52. The third-order valence-electron chi connectivity index (χ3n) is 2.73. The van der Waals surface area contributed by atoms with Crippen molar-refractivity contribution in [2.75, 3.05) is 5.73 Å². The molecule has 1 aromatic heterocycles. The fourth-order valence-corrected chi connectivity index (χ4v) is 1.65. The van der Waals surface area contributed by atoms with Crippen LogP contribution in [0.25, 0.3) is 0 Å². The lowest BCUT2D eigenvalue weighted by Gasteiger charge is -2.06. The quantitative estimate of drug-likeness (QED) is 0.826. The van der Waals surface area contributed by atoms with E-state index in [9.17, 15) is 9.18 Å². The van der Waals surface area contributed by atoms with Gasteiger partial charge in [0.15, 0.2) is 5.78 Å². The molecule has 0 aliphatic rings. The highest BCUT2D eigenvalue weighted by atomic mass is 19.1. The summed E-state index contributed by atoms with van der Waals surface area (Å²) in [4.78, 5) is 16.1. The number of nitrogens with zero attached hydrogens (tertiary/aromatic N) is 1. The van der Waals surface area contributed by atoms with E-state index in [0.717, 1.165) is 5.56 Å². The summed E-state index contributed by atoms with van der Waals surface area (Å²) in [5.41, 5.74) is 7.58. The van der Waals surface area contributed by atoms with Crippen LogP contribution in [0.3, 0.4) is 0 Å². The molecule has 0 spiro atoms. The molecule has 0 atom stereocenters. The monoisotopic (exact) mass is 244 g/mol. The van der Waals surface area contributed by atoms with Crippen LogP contribution in [0.1, 0.15) is 27.0 Å². The van der Waals surface area contributed by atoms with Gasteiger partial charge in [-0.15, -0.1) is 0 Å². The summed E-state index contributed by atoms with van der Waals surface area (Å²) in [6, 6.07) is 6.03. The minimum atomic E-state index is -0.403. The molecule has 0 saturated heterocycles. The minimum Gasteiger partial charge on any atom is -0.383 e. The number of benzene rings is 1. The summed E-state index contributed by atoms with van der Waals surface area (Å²) in [5, 5.41) is 0. The second kappa shape index (κ2) is 4.56. The van der Waals surface area contributed by atoms with Gasteiger partial charge in [0.2, 0.25) is 0 Å². The number of carbonyl (C=O) groups is 1. The van der Waals surface area contributed by atoms with Crippen LogP contribution in [-0.4, -0.2) is 10.8 Å². The molecule has 2 aromatic rings. The number of anilines is 1. The predicted molar refractivity (Wildman–Crippen MR) is 68.0 cm³/mol. The van der Waals surface area contributed by atoms with Gasteiger partial charge in [-0.25, -0.2) is 9.37 Å². The van der Waals surface area contributed by atoms with E-state index in [1.165, 1.54) is 6.07 Å². The molecule has 1 aromatic carbocycles. The lowest BCUT2D eigenvalue weighted by Crippen LogP contribution is -2.08. The van der Waals surface area contributed by atoms with E-state index in [2.05, 4.69) is 4.98 Å². The van der Waals surface area contributed by atoms with Gasteiger partial charge in [0, 0.05) is 11.8 Å². The Labute approximate surface area is 104 Å². The summed E-state index contributed by atoms with van der Waals surface area (Å²) in [7, 11) is 0. The van der Waals surface area contributed by atoms with Crippen molar-refractivity contribution in [2.24, 2.45) is 0 Å². The van der Waals surface area contributed by atoms with Crippen molar-refractivity contribution in [2.45, 2.75) is 13.8 Å². The zero-order valence-electron chi connectivity index (χ0n) is 10.2. The summed E-state index contributed by atoms with van der Waals surface area (Å²) in [6.45, 7) is 3.46. The Bertz CT molecular complexity index is 623. The number of nitrogens with two attached hydrogens (primary N) is 1. The molecule has 0 unspecified atom stereocenters. The Morgan fingerprint density at radius 3 is 2.67 bits per heavy atom. The van der Waals surface area contributed by atoms with Gasteiger partial charge in [-0.05, 0) is 37.1 Å². The second-order valence-electron chi connectivity index (χ2n) is 4.24. The Hall–Kier alpha value is -2.23. The topological polar surface area (TPSA) is 56.0 Å². The fraction of sp³-hybridized carbons (Fsp3) is 0.143. The number of halogens is 1. The van der Waals surface area contributed by atoms with E-state index in [-0.39, 0.29) is 17.2 Å². The van der Waals surface area contributed by atoms with E-state index in [1.54, 1.807) is 31.3 Å². The molecule has 2 rings (SSSR count). The third-order valence-corrected chi connectivity index (χ3v) is 2.73. The minimum absolute atomic E-state index is 0.159. The van der Waals surface area contributed by atoms with Gasteiger partial charge in [0.25, 0.3) is 0 Å². The smallest absolute Gasteiger partial charge is 0.196 e. The van der Waals surface area contributed by atoms with E-state index >= 15 is 0 Å². The van der Waals surface area contributed by atoms with E-state index in [0.29, 0.717) is 11.1 Å².